The lowest BCUT2D eigenvalue weighted by molar-refractivity contribution is -0.142. The van der Waals surface area contributed by atoms with Crippen LogP contribution < -0.4 is 5.32 Å². The van der Waals surface area contributed by atoms with Crippen LogP contribution in [0.4, 0.5) is 4.79 Å². The van der Waals surface area contributed by atoms with Crippen LogP contribution in [0, 0.1) is 0 Å². The first-order chi connectivity index (χ1) is 13.9. The quantitative estimate of drug-likeness (QED) is 0.478. The van der Waals surface area contributed by atoms with Crippen LogP contribution in [-0.4, -0.2) is 53.0 Å². The fraction of sp³-hybridized carbons (Fsp3) is 0.286. The molecule has 1 atom stereocenters. The number of carboxylic acids is 1. The van der Waals surface area contributed by atoms with E-state index in [1.165, 1.54) is 6.92 Å². The van der Waals surface area contributed by atoms with Crippen molar-refractivity contribution in [2.24, 2.45) is 0 Å². The minimum absolute atomic E-state index is 0.0579. The predicted octanol–water partition coefficient (Wildman–Crippen LogP) is 2.71. The number of carbonyl (C=O) groups excluding carboxylic acids is 2. The van der Waals surface area contributed by atoms with Crippen LogP contribution >= 0.6 is 12.6 Å². The van der Waals surface area contributed by atoms with Gasteiger partial charge in [-0.2, -0.15) is 12.6 Å². The van der Waals surface area contributed by atoms with Crippen molar-refractivity contribution in [1.29, 1.82) is 0 Å². The number of rotatable bonds is 7. The van der Waals surface area contributed by atoms with E-state index in [2.05, 4.69) is 17.9 Å². The molecule has 29 heavy (non-hydrogen) atoms. The van der Waals surface area contributed by atoms with E-state index in [0.29, 0.717) is 0 Å². The highest BCUT2D eigenvalue weighted by Crippen LogP contribution is 2.44. The number of nitrogens with one attached hydrogen (secondary N) is 1. The number of aliphatic carboxylic acids is 1. The van der Waals surface area contributed by atoms with Crippen molar-refractivity contribution < 1.29 is 24.2 Å². The summed E-state index contributed by atoms with van der Waals surface area (Å²) in [5.41, 5.74) is 4.30. The summed E-state index contributed by atoms with van der Waals surface area (Å²) < 4.78 is 5.51. The Labute approximate surface area is 174 Å². The Balaban J connectivity index is 1.79. The zero-order chi connectivity index (χ0) is 21.0. The molecule has 152 valence electrons. The van der Waals surface area contributed by atoms with Gasteiger partial charge in [0.1, 0.15) is 12.6 Å². The molecule has 0 aromatic heterocycles. The van der Waals surface area contributed by atoms with Gasteiger partial charge in [0.15, 0.2) is 0 Å². The summed E-state index contributed by atoms with van der Waals surface area (Å²) >= 11 is 4.02. The Morgan fingerprint density at radius 1 is 1.10 bits per heavy atom. The Morgan fingerprint density at radius 2 is 1.66 bits per heavy atom. The second-order valence-electron chi connectivity index (χ2n) is 6.70. The third kappa shape index (κ3) is 4.37. The number of carboxylic acid groups (broad SMARTS) is 1. The number of benzene rings is 2. The van der Waals surface area contributed by atoms with Crippen LogP contribution in [0.5, 0.6) is 0 Å². The fourth-order valence-corrected chi connectivity index (χ4v) is 3.84. The minimum atomic E-state index is -1.22. The second kappa shape index (κ2) is 9.00. The molecule has 1 aliphatic rings. The van der Waals surface area contributed by atoms with Gasteiger partial charge in [0, 0.05) is 18.6 Å². The SMILES string of the molecule is CC(=O)NCN(C(=O)OCC1c2ccccc2-c2ccccc21)[C@@H](CS)C(=O)O. The van der Waals surface area contributed by atoms with Crippen LogP contribution in [0.15, 0.2) is 48.5 Å². The number of nitrogens with zero attached hydrogens (tertiary/aromatic N) is 1. The number of hydrogen-bond donors (Lipinski definition) is 3. The standard InChI is InChI=1S/C21H22N2O5S/c1-13(24)22-12-23(19(11-29)20(25)26)21(27)28-10-18-16-8-4-2-6-14(16)15-7-3-5-9-17(15)18/h2-9,18-19,29H,10-12H2,1H3,(H,22,24)(H,25,26)/t19-/m0/s1. The minimum Gasteiger partial charge on any atom is -0.480 e. The maximum absolute atomic E-state index is 12.7. The van der Waals surface area contributed by atoms with E-state index >= 15 is 0 Å². The van der Waals surface area contributed by atoms with Crippen LogP contribution in [0.2, 0.25) is 0 Å². The van der Waals surface area contributed by atoms with E-state index in [4.69, 9.17) is 4.74 Å². The highest BCUT2D eigenvalue weighted by molar-refractivity contribution is 7.80. The van der Waals surface area contributed by atoms with Gasteiger partial charge in [0.05, 0.1) is 6.67 Å². The zero-order valence-corrected chi connectivity index (χ0v) is 16.8. The number of carbonyl (C=O) groups is 3. The Kier molecular flexibility index (Phi) is 6.43. The molecule has 2 aromatic rings. The summed E-state index contributed by atoms with van der Waals surface area (Å²) in [6.45, 7) is 1.07. The molecule has 1 aliphatic carbocycles. The molecule has 0 spiro atoms. The molecule has 7 nitrogen and oxygen atoms in total. The number of amides is 2. The number of hydrogen-bond acceptors (Lipinski definition) is 5. The average molecular weight is 414 g/mol. The Hall–Kier alpha value is -3.00. The lowest BCUT2D eigenvalue weighted by Gasteiger charge is -2.28. The number of thiol groups is 1. The molecular formula is C21H22N2O5S. The van der Waals surface area contributed by atoms with Crippen LogP contribution in [-0.2, 0) is 14.3 Å². The maximum Gasteiger partial charge on any atom is 0.412 e. The van der Waals surface area contributed by atoms with Gasteiger partial charge in [0.25, 0.3) is 0 Å². The summed E-state index contributed by atoms with van der Waals surface area (Å²) in [5, 5.41) is 11.8. The van der Waals surface area contributed by atoms with Crippen molar-refractivity contribution in [2.45, 2.75) is 18.9 Å². The fourth-order valence-electron chi connectivity index (χ4n) is 3.49. The Morgan fingerprint density at radius 3 is 2.14 bits per heavy atom. The van der Waals surface area contributed by atoms with E-state index in [-0.39, 0.29) is 30.9 Å². The smallest absolute Gasteiger partial charge is 0.412 e. The van der Waals surface area contributed by atoms with Gasteiger partial charge in [-0.3, -0.25) is 9.69 Å². The molecule has 2 aromatic carbocycles. The van der Waals surface area contributed by atoms with Gasteiger partial charge in [0.2, 0.25) is 5.91 Å². The van der Waals surface area contributed by atoms with E-state index < -0.39 is 18.1 Å². The van der Waals surface area contributed by atoms with Crippen molar-refractivity contribution in [2.75, 3.05) is 19.0 Å². The van der Waals surface area contributed by atoms with Gasteiger partial charge >= 0.3 is 12.1 Å². The van der Waals surface area contributed by atoms with Gasteiger partial charge in [-0.25, -0.2) is 9.59 Å². The van der Waals surface area contributed by atoms with Crippen molar-refractivity contribution >= 4 is 30.6 Å². The first kappa shape index (κ1) is 20.7. The highest BCUT2D eigenvalue weighted by atomic mass is 32.1. The zero-order valence-electron chi connectivity index (χ0n) is 15.9. The van der Waals surface area contributed by atoms with Crippen molar-refractivity contribution in [3.05, 3.63) is 59.7 Å². The van der Waals surface area contributed by atoms with Gasteiger partial charge in [-0.15, -0.1) is 0 Å². The third-order valence-corrected chi connectivity index (χ3v) is 5.25. The second-order valence-corrected chi connectivity index (χ2v) is 7.07. The van der Waals surface area contributed by atoms with E-state index in [9.17, 15) is 19.5 Å². The van der Waals surface area contributed by atoms with Crippen LogP contribution in [0.1, 0.15) is 24.0 Å². The molecule has 0 heterocycles. The summed E-state index contributed by atoms with van der Waals surface area (Å²) in [6.07, 6.45) is -0.818. The lowest BCUT2D eigenvalue weighted by Crippen LogP contribution is -2.51. The molecule has 2 amide bonds. The lowest BCUT2D eigenvalue weighted by atomic mass is 9.98. The van der Waals surface area contributed by atoms with E-state index in [1.807, 2.05) is 48.5 Å². The molecule has 8 heteroatoms. The first-order valence-electron chi connectivity index (χ1n) is 9.13. The average Bonchev–Trinajstić information content (AvgIpc) is 3.02. The molecule has 0 fully saturated rings. The monoisotopic (exact) mass is 414 g/mol. The number of fused-ring (bicyclic) bond motifs is 3. The first-order valence-corrected chi connectivity index (χ1v) is 9.77. The van der Waals surface area contributed by atoms with E-state index in [0.717, 1.165) is 27.2 Å². The van der Waals surface area contributed by atoms with Gasteiger partial charge < -0.3 is 15.2 Å². The summed E-state index contributed by atoms with van der Waals surface area (Å²) in [7, 11) is 0. The summed E-state index contributed by atoms with van der Waals surface area (Å²) in [6, 6.07) is 14.6. The van der Waals surface area contributed by atoms with Crippen LogP contribution in [0.25, 0.3) is 11.1 Å². The predicted molar refractivity (Wildman–Crippen MR) is 111 cm³/mol. The maximum atomic E-state index is 12.7. The van der Waals surface area contributed by atoms with Crippen molar-refractivity contribution in [1.82, 2.24) is 10.2 Å². The van der Waals surface area contributed by atoms with Crippen molar-refractivity contribution in [3.8, 4) is 11.1 Å². The molecule has 0 aliphatic heterocycles. The Bertz CT molecular complexity index is 887. The summed E-state index contributed by atoms with van der Waals surface area (Å²) in [5.74, 6) is -1.86. The molecule has 0 saturated heterocycles. The molecule has 0 unspecified atom stereocenters. The number of ether oxygens (including phenoxy) is 1. The molecule has 0 bridgehead atoms. The molecule has 3 rings (SSSR count). The largest absolute Gasteiger partial charge is 0.480 e. The van der Waals surface area contributed by atoms with Gasteiger partial charge in [-0.1, -0.05) is 48.5 Å². The molecule has 0 radical (unpaired) electrons. The van der Waals surface area contributed by atoms with E-state index in [1.54, 1.807) is 0 Å². The highest BCUT2D eigenvalue weighted by Gasteiger charge is 2.33. The summed E-state index contributed by atoms with van der Waals surface area (Å²) in [4.78, 5) is 36.4. The van der Waals surface area contributed by atoms with Crippen LogP contribution in [0.3, 0.4) is 0 Å². The van der Waals surface area contributed by atoms with Gasteiger partial charge in [-0.05, 0) is 22.3 Å². The normalized spacial score (nSPS) is 13.2. The molecule has 2 N–H and O–H groups in total. The van der Waals surface area contributed by atoms with Crippen molar-refractivity contribution in [3.63, 3.8) is 0 Å². The topological polar surface area (TPSA) is 95.9 Å². The third-order valence-electron chi connectivity index (χ3n) is 4.90. The molecule has 0 saturated carbocycles. The molecular weight excluding hydrogens is 392 g/mol.